The Labute approximate surface area is 109 Å². The van der Waals surface area contributed by atoms with Crippen molar-refractivity contribution in [3.05, 3.63) is 0 Å². The van der Waals surface area contributed by atoms with Crippen LogP contribution in [0.3, 0.4) is 0 Å². The third-order valence-electron chi connectivity index (χ3n) is 3.01. The smallest absolute Gasteiger partial charge is 0.220 e. The van der Waals surface area contributed by atoms with Gasteiger partial charge in [0.1, 0.15) is 0 Å². The van der Waals surface area contributed by atoms with Gasteiger partial charge in [-0.2, -0.15) is 0 Å². The van der Waals surface area contributed by atoms with Crippen LogP contribution in [0.25, 0.3) is 0 Å². The van der Waals surface area contributed by atoms with E-state index >= 15 is 0 Å². The van der Waals surface area contributed by atoms with Crippen molar-refractivity contribution in [2.75, 3.05) is 26.2 Å². The number of nitrogens with one attached hydrogen (secondary N) is 3. The number of amides is 2. The van der Waals surface area contributed by atoms with Gasteiger partial charge >= 0.3 is 0 Å². The van der Waals surface area contributed by atoms with E-state index in [1.807, 2.05) is 0 Å². The molecule has 3 fully saturated rings. The Bertz CT molecular complexity index is 205. The molecule has 5 nitrogen and oxygen atoms in total. The molecule has 0 bridgehead atoms. The molecule has 0 unspecified atom stereocenters. The number of rotatable bonds is 0. The third kappa shape index (κ3) is 8.06. The standard InChI is InChI=1S/C5H11N.2C4H7NO/c1-2-4-6-5-3-1;2*6-4-2-1-3-5-4/h6H,1-5H2;2*1-3H2,(H,5,6). The summed E-state index contributed by atoms with van der Waals surface area (Å²) in [6.45, 7) is 4.28. The second kappa shape index (κ2) is 9.88. The molecule has 0 aromatic heterocycles. The van der Waals surface area contributed by atoms with E-state index in [2.05, 4.69) is 16.0 Å². The minimum atomic E-state index is 0.204. The summed E-state index contributed by atoms with van der Waals surface area (Å²) in [6.07, 6.45) is 7.74. The molecule has 3 aliphatic heterocycles. The van der Waals surface area contributed by atoms with E-state index in [1.165, 1.54) is 32.4 Å². The maximum atomic E-state index is 10.1. The highest BCUT2D eigenvalue weighted by Gasteiger charge is 2.06. The summed E-state index contributed by atoms with van der Waals surface area (Å²) in [5.74, 6) is 0.407. The zero-order valence-corrected chi connectivity index (χ0v) is 11.1. The molecule has 0 aromatic rings. The topological polar surface area (TPSA) is 70.2 Å². The Balaban J connectivity index is 0.000000135. The van der Waals surface area contributed by atoms with Gasteiger partial charge in [-0.05, 0) is 38.8 Å². The summed E-state index contributed by atoms with van der Waals surface area (Å²) in [6, 6.07) is 0. The lowest BCUT2D eigenvalue weighted by Crippen LogP contribution is -2.21. The van der Waals surface area contributed by atoms with Gasteiger partial charge in [-0.1, -0.05) is 6.42 Å². The van der Waals surface area contributed by atoms with Gasteiger partial charge in [0.25, 0.3) is 0 Å². The number of piperidine rings is 1. The highest BCUT2D eigenvalue weighted by molar-refractivity contribution is 5.77. The van der Waals surface area contributed by atoms with E-state index in [0.29, 0.717) is 0 Å². The minimum absolute atomic E-state index is 0.204. The molecule has 0 atom stereocenters. The van der Waals surface area contributed by atoms with Crippen molar-refractivity contribution in [3.8, 4) is 0 Å². The summed E-state index contributed by atoms with van der Waals surface area (Å²) in [5, 5.41) is 8.65. The quantitative estimate of drug-likeness (QED) is 0.592. The molecule has 0 radical (unpaired) electrons. The first-order valence-corrected chi connectivity index (χ1v) is 7.03. The molecule has 3 rings (SSSR count). The predicted octanol–water partition coefficient (Wildman–Crippen LogP) is 0.553. The molecule has 3 heterocycles. The molecule has 3 aliphatic rings. The van der Waals surface area contributed by atoms with Crippen LogP contribution in [0.4, 0.5) is 0 Å². The second-order valence-corrected chi connectivity index (χ2v) is 4.72. The van der Waals surface area contributed by atoms with Crippen LogP contribution in [0, 0.1) is 0 Å². The molecule has 5 heteroatoms. The first-order chi connectivity index (χ1) is 8.79. The molecule has 0 aliphatic carbocycles. The fraction of sp³-hybridized carbons (Fsp3) is 0.846. The van der Waals surface area contributed by atoms with Crippen LogP contribution in [0.15, 0.2) is 0 Å². The van der Waals surface area contributed by atoms with Crippen LogP contribution in [0.2, 0.25) is 0 Å². The Morgan fingerprint density at radius 2 is 1.11 bits per heavy atom. The Morgan fingerprint density at radius 1 is 0.611 bits per heavy atom. The monoisotopic (exact) mass is 255 g/mol. The number of hydrogen-bond donors (Lipinski definition) is 3. The molecule has 3 N–H and O–H groups in total. The number of carbonyl (C=O) groups is 2. The maximum absolute atomic E-state index is 10.1. The van der Waals surface area contributed by atoms with Crippen molar-refractivity contribution in [3.63, 3.8) is 0 Å². The van der Waals surface area contributed by atoms with Gasteiger partial charge in [0, 0.05) is 25.9 Å². The highest BCUT2D eigenvalue weighted by atomic mass is 16.2. The van der Waals surface area contributed by atoms with Gasteiger partial charge in [0.05, 0.1) is 0 Å². The van der Waals surface area contributed by atoms with Crippen LogP contribution in [0.1, 0.15) is 44.9 Å². The van der Waals surface area contributed by atoms with Crippen LogP contribution in [-0.2, 0) is 9.59 Å². The lowest BCUT2D eigenvalue weighted by Gasteiger charge is -2.08. The van der Waals surface area contributed by atoms with E-state index in [4.69, 9.17) is 0 Å². The Morgan fingerprint density at radius 3 is 1.22 bits per heavy atom. The minimum Gasteiger partial charge on any atom is -0.356 e. The molecule has 0 spiro atoms. The van der Waals surface area contributed by atoms with E-state index in [0.717, 1.165) is 38.8 Å². The zero-order valence-electron chi connectivity index (χ0n) is 11.1. The van der Waals surface area contributed by atoms with Gasteiger partial charge in [-0.15, -0.1) is 0 Å². The summed E-state index contributed by atoms with van der Waals surface area (Å²) in [4.78, 5) is 20.3. The molecule has 104 valence electrons. The maximum Gasteiger partial charge on any atom is 0.220 e. The fourth-order valence-electron chi connectivity index (χ4n) is 1.93. The highest BCUT2D eigenvalue weighted by Crippen LogP contribution is 1.96. The average molecular weight is 255 g/mol. The first kappa shape index (κ1) is 15.0. The fourth-order valence-corrected chi connectivity index (χ4v) is 1.93. The molecular formula is C13H25N3O2. The molecule has 18 heavy (non-hydrogen) atoms. The lowest BCUT2D eigenvalue weighted by molar-refractivity contribution is -0.119. The molecule has 0 aromatic carbocycles. The van der Waals surface area contributed by atoms with Gasteiger partial charge in [-0.3, -0.25) is 9.59 Å². The van der Waals surface area contributed by atoms with E-state index in [-0.39, 0.29) is 11.8 Å². The summed E-state index contributed by atoms with van der Waals surface area (Å²) < 4.78 is 0. The second-order valence-electron chi connectivity index (χ2n) is 4.72. The van der Waals surface area contributed by atoms with E-state index < -0.39 is 0 Å². The molecule has 0 saturated carbocycles. The first-order valence-electron chi connectivity index (χ1n) is 7.03. The van der Waals surface area contributed by atoms with Gasteiger partial charge in [0.15, 0.2) is 0 Å². The van der Waals surface area contributed by atoms with Gasteiger partial charge in [-0.25, -0.2) is 0 Å². The van der Waals surface area contributed by atoms with Crippen LogP contribution >= 0.6 is 0 Å². The van der Waals surface area contributed by atoms with Crippen molar-refractivity contribution in [2.45, 2.75) is 44.9 Å². The number of hydrogen-bond acceptors (Lipinski definition) is 3. The largest absolute Gasteiger partial charge is 0.356 e. The predicted molar refractivity (Wildman–Crippen MR) is 71.2 cm³/mol. The van der Waals surface area contributed by atoms with E-state index in [9.17, 15) is 9.59 Å². The summed E-state index contributed by atoms with van der Waals surface area (Å²) in [7, 11) is 0. The lowest BCUT2D eigenvalue weighted by atomic mass is 10.2. The zero-order chi connectivity index (χ0) is 13.1. The molecule has 3 saturated heterocycles. The van der Waals surface area contributed by atoms with Gasteiger partial charge in [0.2, 0.25) is 11.8 Å². The molecule has 2 amide bonds. The summed E-state index contributed by atoms with van der Waals surface area (Å²) >= 11 is 0. The van der Waals surface area contributed by atoms with Crippen molar-refractivity contribution in [2.24, 2.45) is 0 Å². The van der Waals surface area contributed by atoms with Crippen molar-refractivity contribution < 1.29 is 9.59 Å². The Hall–Kier alpha value is -1.10. The van der Waals surface area contributed by atoms with Crippen LogP contribution in [0.5, 0.6) is 0 Å². The van der Waals surface area contributed by atoms with Crippen LogP contribution in [-0.4, -0.2) is 38.0 Å². The van der Waals surface area contributed by atoms with Crippen molar-refractivity contribution >= 4 is 11.8 Å². The average Bonchev–Trinajstić information content (AvgIpc) is 3.07. The normalized spacial score (nSPS) is 22.0. The SMILES string of the molecule is C1CCNCC1.O=C1CCCN1.O=C1CCCN1. The van der Waals surface area contributed by atoms with Crippen LogP contribution < -0.4 is 16.0 Å². The van der Waals surface area contributed by atoms with Crippen molar-refractivity contribution in [1.29, 1.82) is 0 Å². The van der Waals surface area contributed by atoms with Gasteiger partial charge < -0.3 is 16.0 Å². The molecular weight excluding hydrogens is 230 g/mol. The van der Waals surface area contributed by atoms with E-state index in [1.54, 1.807) is 0 Å². The number of carbonyl (C=O) groups excluding carboxylic acids is 2. The van der Waals surface area contributed by atoms with Crippen molar-refractivity contribution in [1.82, 2.24) is 16.0 Å². The third-order valence-corrected chi connectivity index (χ3v) is 3.01. The Kier molecular flexibility index (Phi) is 8.21. The summed E-state index contributed by atoms with van der Waals surface area (Å²) in [5.41, 5.74) is 0.